The molecule has 0 amide bonds. The highest BCUT2D eigenvalue weighted by Crippen LogP contribution is 2.32. The molecule has 9 heteroatoms. The molecule has 0 saturated carbocycles. The Balaban J connectivity index is 3.16. The molecule has 1 rings (SSSR count). The normalized spacial score (nSPS) is 14.1. The Morgan fingerprint density at radius 1 is 1.35 bits per heavy atom. The number of hydrogen-bond acceptors (Lipinski definition) is 3. The highest BCUT2D eigenvalue weighted by atomic mass is 32.2. The van der Waals surface area contributed by atoms with Crippen molar-refractivity contribution in [3.63, 3.8) is 0 Å². The fourth-order valence-electron chi connectivity index (χ4n) is 1.47. The van der Waals surface area contributed by atoms with Crippen molar-refractivity contribution in [2.45, 2.75) is 31.0 Å². The van der Waals surface area contributed by atoms with Gasteiger partial charge in [-0.15, -0.1) is 0 Å². The maximum Gasteiger partial charge on any atom is 0.416 e. The van der Waals surface area contributed by atoms with E-state index in [0.29, 0.717) is 6.07 Å². The van der Waals surface area contributed by atoms with Crippen molar-refractivity contribution in [3.05, 3.63) is 29.3 Å². The van der Waals surface area contributed by atoms with E-state index in [1.165, 1.54) is 0 Å². The van der Waals surface area contributed by atoms with Crippen LogP contribution in [-0.4, -0.2) is 25.5 Å². The number of carboxylic acid groups (broad SMARTS) is 1. The monoisotopic (exact) mass is 311 g/mol. The smallest absolute Gasteiger partial charge is 0.416 e. The fraction of sp³-hybridized carbons (Fsp3) is 0.364. The standard InChI is InChI=1S/C11H12F3NO4S/c1-6-5-8(3-4-9(6)11(12,13)14)20(18,19)15-7(2)10(16)17/h3-5,7,15H,1-2H3,(H,16,17)/t7-/m0/s1. The third kappa shape index (κ3) is 3.70. The molecule has 5 nitrogen and oxygen atoms in total. The molecule has 0 saturated heterocycles. The lowest BCUT2D eigenvalue weighted by Crippen LogP contribution is -2.38. The minimum absolute atomic E-state index is 0.261. The Hall–Kier alpha value is -1.61. The summed E-state index contributed by atoms with van der Waals surface area (Å²) in [6, 6.07) is 0.893. The quantitative estimate of drug-likeness (QED) is 0.887. The van der Waals surface area contributed by atoms with Crippen LogP contribution in [0.4, 0.5) is 13.2 Å². The molecule has 0 fully saturated rings. The van der Waals surface area contributed by atoms with Crippen LogP contribution >= 0.6 is 0 Å². The first kappa shape index (κ1) is 16.4. The molecule has 0 aliphatic rings. The van der Waals surface area contributed by atoms with Crippen LogP contribution in [0, 0.1) is 6.92 Å². The maximum atomic E-state index is 12.6. The van der Waals surface area contributed by atoms with E-state index < -0.39 is 38.7 Å². The Kier molecular flexibility index (Phi) is 4.45. The number of hydrogen-bond donors (Lipinski definition) is 2. The molecule has 0 aromatic heterocycles. The van der Waals surface area contributed by atoms with Crippen molar-refractivity contribution in [1.29, 1.82) is 0 Å². The number of carbonyl (C=O) groups is 1. The van der Waals surface area contributed by atoms with Gasteiger partial charge in [0.05, 0.1) is 10.5 Å². The first-order chi connectivity index (χ1) is 8.95. The molecule has 0 aliphatic carbocycles. The van der Waals surface area contributed by atoms with Crippen LogP contribution < -0.4 is 4.72 Å². The third-order valence-corrected chi connectivity index (χ3v) is 4.05. The van der Waals surface area contributed by atoms with E-state index in [-0.39, 0.29) is 5.56 Å². The van der Waals surface area contributed by atoms with Gasteiger partial charge in [0.1, 0.15) is 6.04 Å². The van der Waals surface area contributed by atoms with Gasteiger partial charge < -0.3 is 5.11 Å². The predicted octanol–water partition coefficient (Wildman–Crippen LogP) is 1.77. The van der Waals surface area contributed by atoms with Crippen molar-refractivity contribution in [3.8, 4) is 0 Å². The second-order valence-corrected chi connectivity index (χ2v) is 5.87. The summed E-state index contributed by atoms with van der Waals surface area (Å²) in [5.41, 5.74) is -1.20. The largest absolute Gasteiger partial charge is 0.480 e. The van der Waals surface area contributed by atoms with E-state index in [1.54, 1.807) is 0 Å². The molecule has 0 bridgehead atoms. The van der Waals surface area contributed by atoms with Crippen molar-refractivity contribution >= 4 is 16.0 Å². The van der Waals surface area contributed by atoms with Gasteiger partial charge in [0.25, 0.3) is 0 Å². The van der Waals surface area contributed by atoms with Crippen LogP contribution in [0.1, 0.15) is 18.1 Å². The van der Waals surface area contributed by atoms with E-state index in [2.05, 4.69) is 0 Å². The molecule has 112 valence electrons. The first-order valence-electron chi connectivity index (χ1n) is 5.38. The molecular weight excluding hydrogens is 299 g/mol. The summed E-state index contributed by atoms with van der Waals surface area (Å²) < 4.78 is 63.1. The van der Waals surface area contributed by atoms with Crippen LogP contribution in [0.15, 0.2) is 23.1 Å². The van der Waals surface area contributed by atoms with Gasteiger partial charge in [-0.2, -0.15) is 17.9 Å². The number of rotatable bonds is 4. The SMILES string of the molecule is Cc1cc(S(=O)(=O)N[C@@H](C)C(=O)O)ccc1C(F)(F)F. The molecule has 1 aromatic carbocycles. The Labute approximate surface area is 113 Å². The third-order valence-electron chi connectivity index (χ3n) is 2.52. The fourth-order valence-corrected chi connectivity index (χ4v) is 2.75. The van der Waals surface area contributed by atoms with Crippen molar-refractivity contribution in [2.24, 2.45) is 0 Å². The number of carboxylic acids is 1. The lowest BCUT2D eigenvalue weighted by molar-refractivity contribution is -0.139. The zero-order chi connectivity index (χ0) is 15.7. The second kappa shape index (κ2) is 5.41. The molecule has 0 spiro atoms. The summed E-state index contributed by atoms with van der Waals surface area (Å²) >= 11 is 0. The minimum Gasteiger partial charge on any atom is -0.480 e. The van der Waals surface area contributed by atoms with Crippen LogP contribution in [0.25, 0.3) is 0 Å². The van der Waals surface area contributed by atoms with Crippen LogP contribution in [0.5, 0.6) is 0 Å². The summed E-state index contributed by atoms with van der Waals surface area (Å²) in [5, 5.41) is 8.62. The lowest BCUT2D eigenvalue weighted by Gasteiger charge is -2.13. The van der Waals surface area contributed by atoms with E-state index in [0.717, 1.165) is 26.0 Å². The number of aliphatic carboxylic acids is 1. The summed E-state index contributed by atoms with van der Waals surface area (Å²) in [5.74, 6) is -1.39. The van der Waals surface area contributed by atoms with Crippen molar-refractivity contribution in [1.82, 2.24) is 4.72 Å². The Morgan fingerprint density at radius 2 is 1.90 bits per heavy atom. The van der Waals surface area contributed by atoms with Crippen LogP contribution in [0.2, 0.25) is 0 Å². The molecule has 1 aromatic rings. The number of alkyl halides is 3. The molecule has 20 heavy (non-hydrogen) atoms. The lowest BCUT2D eigenvalue weighted by atomic mass is 10.1. The van der Waals surface area contributed by atoms with Gasteiger partial charge in [0.2, 0.25) is 10.0 Å². The number of aryl methyl sites for hydroxylation is 1. The van der Waals surface area contributed by atoms with E-state index in [9.17, 15) is 26.4 Å². The van der Waals surface area contributed by atoms with Gasteiger partial charge >= 0.3 is 12.1 Å². The molecule has 0 unspecified atom stereocenters. The van der Waals surface area contributed by atoms with Gasteiger partial charge in [-0.25, -0.2) is 8.42 Å². The van der Waals surface area contributed by atoms with E-state index >= 15 is 0 Å². The first-order valence-corrected chi connectivity index (χ1v) is 6.86. The molecule has 1 atom stereocenters. The predicted molar refractivity (Wildman–Crippen MR) is 63.6 cm³/mol. The second-order valence-electron chi connectivity index (χ2n) is 4.16. The summed E-state index contributed by atoms with van der Waals surface area (Å²) in [7, 11) is -4.19. The highest BCUT2D eigenvalue weighted by molar-refractivity contribution is 7.89. The zero-order valence-electron chi connectivity index (χ0n) is 10.5. The average molecular weight is 311 g/mol. The molecule has 0 aliphatic heterocycles. The average Bonchev–Trinajstić information content (AvgIpc) is 2.26. The zero-order valence-corrected chi connectivity index (χ0v) is 11.3. The van der Waals surface area contributed by atoms with Crippen LogP contribution in [0.3, 0.4) is 0 Å². The molecular formula is C11H12F3NO4S. The highest BCUT2D eigenvalue weighted by Gasteiger charge is 2.33. The summed E-state index contributed by atoms with van der Waals surface area (Å²) in [4.78, 5) is 10.2. The van der Waals surface area contributed by atoms with Gasteiger partial charge in [-0.1, -0.05) is 0 Å². The van der Waals surface area contributed by atoms with Gasteiger partial charge in [-0.05, 0) is 37.6 Å². The summed E-state index contributed by atoms with van der Waals surface area (Å²) in [6.07, 6.45) is -4.58. The van der Waals surface area contributed by atoms with Crippen LogP contribution in [-0.2, 0) is 21.0 Å². The van der Waals surface area contributed by atoms with Gasteiger partial charge in [0, 0.05) is 0 Å². The summed E-state index contributed by atoms with van der Waals surface area (Å²) in [6.45, 7) is 2.24. The Bertz CT molecular complexity index is 625. The topological polar surface area (TPSA) is 83.5 Å². The number of benzene rings is 1. The van der Waals surface area contributed by atoms with Gasteiger partial charge in [0.15, 0.2) is 0 Å². The Morgan fingerprint density at radius 3 is 2.30 bits per heavy atom. The number of sulfonamides is 1. The van der Waals surface area contributed by atoms with Gasteiger partial charge in [-0.3, -0.25) is 4.79 Å². The molecule has 0 heterocycles. The van der Waals surface area contributed by atoms with Crippen molar-refractivity contribution in [2.75, 3.05) is 0 Å². The number of halogens is 3. The van der Waals surface area contributed by atoms with E-state index in [1.807, 2.05) is 4.72 Å². The molecule has 0 radical (unpaired) electrons. The molecule has 2 N–H and O–H groups in total. The van der Waals surface area contributed by atoms with E-state index in [4.69, 9.17) is 5.11 Å². The maximum absolute atomic E-state index is 12.6. The number of nitrogens with one attached hydrogen (secondary N) is 1. The minimum atomic E-state index is -4.58. The van der Waals surface area contributed by atoms with Crippen molar-refractivity contribution < 1.29 is 31.5 Å².